The standard InChI is InChI=1S/C57H51BN2/c1-55(2,40-22-12-7-13-23-40)43-32-34-48-50(36-43)59(46-28-18-10-19-29-46)52-38-45(57(5,6)42-26-16-9-17-27-42)39-53-54(52)58(48)49-35-33-44(56(3,4)41-24-14-8-15-25-41)37-51(49)60(53)47-30-20-11-21-31-47/h7-39H,1-6H3. The molecule has 3 heteroatoms. The number of benzene rings is 8. The van der Waals surface area contributed by atoms with E-state index in [0.717, 1.165) is 11.4 Å². The van der Waals surface area contributed by atoms with Crippen LogP contribution in [-0.4, -0.2) is 6.71 Å². The average Bonchev–Trinajstić information content (AvgIpc) is 3.29. The zero-order valence-electron chi connectivity index (χ0n) is 35.5. The van der Waals surface area contributed by atoms with Crippen LogP contribution in [0.15, 0.2) is 200 Å². The van der Waals surface area contributed by atoms with Crippen molar-refractivity contribution in [2.45, 2.75) is 57.8 Å². The molecule has 0 bridgehead atoms. The van der Waals surface area contributed by atoms with E-state index in [1.807, 2.05) is 0 Å². The Balaban J connectivity index is 1.30. The second-order valence-electron chi connectivity index (χ2n) is 18.2. The fraction of sp³-hybridized carbons (Fsp3) is 0.158. The molecule has 0 aliphatic carbocycles. The fourth-order valence-electron chi connectivity index (χ4n) is 9.90. The van der Waals surface area contributed by atoms with Crippen LogP contribution in [-0.2, 0) is 16.2 Å². The van der Waals surface area contributed by atoms with Crippen LogP contribution in [0.2, 0.25) is 0 Å². The first kappa shape index (κ1) is 37.7. The van der Waals surface area contributed by atoms with E-state index in [-0.39, 0.29) is 23.0 Å². The van der Waals surface area contributed by atoms with Crippen LogP contribution in [0, 0.1) is 0 Å². The smallest absolute Gasteiger partial charge is 0.252 e. The minimum absolute atomic E-state index is 0.0107. The first-order valence-electron chi connectivity index (χ1n) is 21.4. The zero-order valence-corrected chi connectivity index (χ0v) is 35.5. The molecule has 2 nitrogen and oxygen atoms in total. The Hall–Kier alpha value is -6.58. The van der Waals surface area contributed by atoms with E-state index < -0.39 is 0 Å². The Labute approximate surface area is 356 Å². The van der Waals surface area contributed by atoms with Crippen LogP contribution in [0.5, 0.6) is 0 Å². The molecule has 0 N–H and O–H groups in total. The van der Waals surface area contributed by atoms with E-state index in [1.165, 1.54) is 72.5 Å². The van der Waals surface area contributed by atoms with Crippen molar-refractivity contribution in [1.29, 1.82) is 0 Å². The second-order valence-corrected chi connectivity index (χ2v) is 18.2. The van der Waals surface area contributed by atoms with E-state index in [0.29, 0.717) is 0 Å². The molecule has 8 aromatic rings. The summed E-state index contributed by atoms with van der Waals surface area (Å²) in [5.41, 5.74) is 18.2. The molecule has 0 amide bonds. The van der Waals surface area contributed by atoms with Crippen molar-refractivity contribution in [2.24, 2.45) is 0 Å². The van der Waals surface area contributed by atoms with Gasteiger partial charge in [0.25, 0.3) is 6.71 Å². The van der Waals surface area contributed by atoms with Crippen molar-refractivity contribution in [3.05, 3.63) is 234 Å². The Bertz CT molecular complexity index is 2660. The molecule has 0 atom stereocenters. The van der Waals surface area contributed by atoms with Crippen molar-refractivity contribution < 1.29 is 0 Å². The van der Waals surface area contributed by atoms with E-state index in [2.05, 4.69) is 252 Å². The Morgan fingerprint density at radius 1 is 0.300 bits per heavy atom. The normalized spacial score (nSPS) is 13.4. The van der Waals surface area contributed by atoms with Crippen LogP contribution in [0.1, 0.15) is 74.9 Å². The summed E-state index contributed by atoms with van der Waals surface area (Å²) in [6, 6.07) is 74.6. The first-order valence-corrected chi connectivity index (χ1v) is 21.4. The highest BCUT2D eigenvalue weighted by Crippen LogP contribution is 2.48. The summed E-state index contributed by atoms with van der Waals surface area (Å²) in [5.74, 6) is 0. The third-order valence-corrected chi connectivity index (χ3v) is 13.8. The SMILES string of the molecule is CC(C)(c1ccccc1)c1ccc2c(c1)N(c1ccccc1)c1cc(C(C)(C)c3ccccc3)cc3c1B2c1ccc(C(C)(C)c2ccccc2)cc1N3c1ccccc1. The predicted octanol–water partition coefficient (Wildman–Crippen LogP) is 12.7. The van der Waals surface area contributed by atoms with Crippen molar-refractivity contribution in [3.8, 4) is 0 Å². The molecule has 2 aliphatic heterocycles. The molecule has 8 aromatic carbocycles. The highest BCUT2D eigenvalue weighted by molar-refractivity contribution is 7.00. The average molecular weight is 775 g/mol. The van der Waals surface area contributed by atoms with Gasteiger partial charge in [0.05, 0.1) is 0 Å². The van der Waals surface area contributed by atoms with Gasteiger partial charge in [-0.3, -0.25) is 0 Å². The summed E-state index contributed by atoms with van der Waals surface area (Å²) >= 11 is 0. The lowest BCUT2D eigenvalue weighted by Gasteiger charge is -2.46. The van der Waals surface area contributed by atoms with Crippen molar-refractivity contribution >= 4 is 57.2 Å². The largest absolute Gasteiger partial charge is 0.311 e. The number of hydrogen-bond donors (Lipinski definition) is 0. The summed E-state index contributed by atoms with van der Waals surface area (Å²) in [6.07, 6.45) is 0. The zero-order chi connectivity index (χ0) is 41.2. The van der Waals surface area contributed by atoms with Gasteiger partial charge >= 0.3 is 0 Å². The van der Waals surface area contributed by atoms with Gasteiger partial charge in [0.2, 0.25) is 0 Å². The second kappa shape index (κ2) is 14.3. The van der Waals surface area contributed by atoms with E-state index in [4.69, 9.17) is 0 Å². The van der Waals surface area contributed by atoms with Crippen LogP contribution in [0.3, 0.4) is 0 Å². The lowest BCUT2D eigenvalue weighted by Crippen LogP contribution is -2.61. The Morgan fingerprint density at radius 3 is 0.950 bits per heavy atom. The van der Waals surface area contributed by atoms with E-state index in [9.17, 15) is 0 Å². The molecule has 292 valence electrons. The molecular formula is C57H51BN2. The topological polar surface area (TPSA) is 6.48 Å². The van der Waals surface area contributed by atoms with Gasteiger partial charge in [-0.15, -0.1) is 0 Å². The van der Waals surface area contributed by atoms with Crippen LogP contribution < -0.4 is 26.2 Å². The highest BCUT2D eigenvalue weighted by atomic mass is 15.2. The quantitative estimate of drug-likeness (QED) is 0.142. The van der Waals surface area contributed by atoms with Crippen LogP contribution in [0.4, 0.5) is 34.1 Å². The minimum Gasteiger partial charge on any atom is -0.311 e. The van der Waals surface area contributed by atoms with Gasteiger partial charge in [-0.1, -0.05) is 193 Å². The Morgan fingerprint density at radius 2 is 0.600 bits per heavy atom. The fourth-order valence-corrected chi connectivity index (χ4v) is 9.90. The van der Waals surface area contributed by atoms with Gasteiger partial charge in [0.1, 0.15) is 0 Å². The number of anilines is 6. The monoisotopic (exact) mass is 774 g/mol. The number of rotatable bonds is 8. The van der Waals surface area contributed by atoms with Gasteiger partial charge < -0.3 is 9.80 Å². The van der Waals surface area contributed by atoms with Crippen molar-refractivity contribution in [1.82, 2.24) is 0 Å². The molecule has 2 heterocycles. The predicted molar refractivity (Wildman–Crippen MR) is 256 cm³/mol. The lowest BCUT2D eigenvalue weighted by atomic mass is 9.33. The van der Waals surface area contributed by atoms with Crippen LogP contribution in [0.25, 0.3) is 0 Å². The molecule has 0 aromatic heterocycles. The third kappa shape index (κ3) is 6.02. The van der Waals surface area contributed by atoms with E-state index >= 15 is 0 Å². The summed E-state index contributed by atoms with van der Waals surface area (Å²) in [7, 11) is 0. The van der Waals surface area contributed by atoms with Gasteiger partial charge in [-0.25, -0.2) is 0 Å². The molecule has 0 fully saturated rings. The molecule has 10 rings (SSSR count). The van der Waals surface area contributed by atoms with Gasteiger partial charge in [0.15, 0.2) is 0 Å². The van der Waals surface area contributed by atoms with Gasteiger partial charge in [-0.2, -0.15) is 0 Å². The summed E-state index contributed by atoms with van der Waals surface area (Å²) in [6.45, 7) is 14.2. The van der Waals surface area contributed by atoms with E-state index in [1.54, 1.807) is 0 Å². The molecule has 60 heavy (non-hydrogen) atoms. The Kier molecular flexibility index (Phi) is 8.99. The molecule has 2 aliphatic rings. The van der Waals surface area contributed by atoms with Gasteiger partial charge in [-0.05, 0) is 98.3 Å². The number of hydrogen-bond acceptors (Lipinski definition) is 2. The molecule has 0 unspecified atom stereocenters. The summed E-state index contributed by atoms with van der Waals surface area (Å²) in [5, 5.41) is 0. The molecule has 0 spiro atoms. The number of fused-ring (bicyclic) bond motifs is 4. The molecular weight excluding hydrogens is 723 g/mol. The van der Waals surface area contributed by atoms with Crippen molar-refractivity contribution in [2.75, 3.05) is 9.80 Å². The number of nitrogens with zero attached hydrogens (tertiary/aromatic N) is 2. The number of para-hydroxylation sites is 2. The lowest BCUT2D eigenvalue weighted by molar-refractivity contribution is 0.640. The highest BCUT2D eigenvalue weighted by Gasteiger charge is 2.45. The summed E-state index contributed by atoms with van der Waals surface area (Å²) in [4.78, 5) is 5.11. The maximum absolute atomic E-state index is 2.56. The molecule has 0 saturated carbocycles. The van der Waals surface area contributed by atoms with Crippen molar-refractivity contribution in [3.63, 3.8) is 0 Å². The molecule has 0 saturated heterocycles. The molecule has 0 radical (unpaired) electrons. The third-order valence-electron chi connectivity index (χ3n) is 13.8. The summed E-state index contributed by atoms with van der Waals surface area (Å²) < 4.78 is 0. The van der Waals surface area contributed by atoms with Gasteiger partial charge in [0, 0.05) is 50.4 Å². The van der Waals surface area contributed by atoms with Crippen LogP contribution >= 0.6 is 0 Å². The maximum Gasteiger partial charge on any atom is 0.252 e. The first-order chi connectivity index (χ1) is 29.0. The maximum atomic E-state index is 2.56. The minimum atomic E-state index is -0.290.